The number of pyridine rings is 1. The van der Waals surface area contributed by atoms with Gasteiger partial charge in [-0.1, -0.05) is 18.2 Å². The molecule has 7 nitrogen and oxygen atoms in total. The maximum atomic E-state index is 12.0. The van der Waals surface area contributed by atoms with Gasteiger partial charge in [0.05, 0.1) is 11.3 Å². The smallest absolute Gasteiger partial charge is 0.404 e. The van der Waals surface area contributed by atoms with Crippen molar-refractivity contribution >= 4 is 12.0 Å². The third kappa shape index (κ3) is 3.52. The number of fused-ring (bicyclic) bond motifs is 1. The van der Waals surface area contributed by atoms with Crippen LogP contribution in [-0.4, -0.2) is 33.6 Å². The normalized spacial score (nSPS) is 13.0. The standard InChI is InChI=1S/C20H18N4O3/c25-19-15-10-18(24-16(15)5-7-22-19)14-4-6-21-17(9-14)13-3-1-2-12(8-13)11-23-20(26)27/h1-4,6,8-10,23-24H,5,7,11H2,(H,22,25)(H,26,27). The number of aromatic nitrogens is 2. The molecule has 1 aliphatic heterocycles. The molecule has 0 saturated carbocycles. The summed E-state index contributed by atoms with van der Waals surface area (Å²) < 4.78 is 0. The average Bonchev–Trinajstić information content (AvgIpc) is 3.13. The van der Waals surface area contributed by atoms with Crippen molar-refractivity contribution in [1.82, 2.24) is 20.6 Å². The number of carbonyl (C=O) groups is 2. The van der Waals surface area contributed by atoms with E-state index in [9.17, 15) is 9.59 Å². The lowest BCUT2D eigenvalue weighted by Gasteiger charge is -2.11. The summed E-state index contributed by atoms with van der Waals surface area (Å²) in [7, 11) is 0. The van der Waals surface area contributed by atoms with E-state index in [-0.39, 0.29) is 12.5 Å². The van der Waals surface area contributed by atoms with Crippen molar-refractivity contribution in [3.63, 3.8) is 0 Å². The molecule has 0 bridgehead atoms. The first-order valence-corrected chi connectivity index (χ1v) is 8.63. The molecule has 2 amide bonds. The number of hydrogen-bond acceptors (Lipinski definition) is 3. The van der Waals surface area contributed by atoms with E-state index in [1.807, 2.05) is 42.5 Å². The second-order valence-corrected chi connectivity index (χ2v) is 6.37. The van der Waals surface area contributed by atoms with Crippen molar-refractivity contribution in [2.45, 2.75) is 13.0 Å². The van der Waals surface area contributed by atoms with Crippen LogP contribution in [0.5, 0.6) is 0 Å². The number of nitrogens with zero attached hydrogens (tertiary/aromatic N) is 1. The Balaban J connectivity index is 1.64. The number of carboxylic acid groups (broad SMARTS) is 1. The highest BCUT2D eigenvalue weighted by molar-refractivity contribution is 5.97. The Morgan fingerprint density at radius 1 is 1.19 bits per heavy atom. The Morgan fingerprint density at radius 3 is 2.89 bits per heavy atom. The summed E-state index contributed by atoms with van der Waals surface area (Å²) in [5.41, 5.74) is 6.00. The van der Waals surface area contributed by atoms with Gasteiger partial charge in [0.15, 0.2) is 0 Å². The second-order valence-electron chi connectivity index (χ2n) is 6.37. The molecule has 0 radical (unpaired) electrons. The molecule has 7 heteroatoms. The molecule has 0 spiro atoms. The first-order valence-electron chi connectivity index (χ1n) is 8.63. The quantitative estimate of drug-likeness (QED) is 0.572. The Hall–Kier alpha value is -3.61. The van der Waals surface area contributed by atoms with Gasteiger partial charge in [-0.15, -0.1) is 0 Å². The van der Waals surface area contributed by atoms with Crippen LogP contribution in [0.3, 0.4) is 0 Å². The molecule has 2 aromatic heterocycles. The number of rotatable bonds is 4. The number of benzene rings is 1. The summed E-state index contributed by atoms with van der Waals surface area (Å²) in [5.74, 6) is -0.0494. The van der Waals surface area contributed by atoms with Crippen LogP contribution >= 0.6 is 0 Å². The highest BCUT2D eigenvalue weighted by Gasteiger charge is 2.20. The highest BCUT2D eigenvalue weighted by atomic mass is 16.4. The van der Waals surface area contributed by atoms with Crippen molar-refractivity contribution < 1.29 is 14.7 Å². The number of hydrogen-bond donors (Lipinski definition) is 4. The first-order chi connectivity index (χ1) is 13.1. The van der Waals surface area contributed by atoms with Gasteiger partial charge >= 0.3 is 6.09 Å². The molecule has 136 valence electrons. The number of aromatic amines is 1. The van der Waals surface area contributed by atoms with Crippen LogP contribution in [0.25, 0.3) is 22.5 Å². The molecule has 0 saturated heterocycles. The van der Waals surface area contributed by atoms with Crippen molar-refractivity contribution in [3.8, 4) is 22.5 Å². The van der Waals surface area contributed by atoms with Gasteiger partial charge < -0.3 is 20.7 Å². The number of nitrogens with one attached hydrogen (secondary N) is 3. The second kappa shape index (κ2) is 6.95. The minimum Gasteiger partial charge on any atom is -0.465 e. The molecule has 4 rings (SSSR count). The van der Waals surface area contributed by atoms with Gasteiger partial charge in [0.2, 0.25) is 0 Å². The lowest BCUT2D eigenvalue weighted by Crippen LogP contribution is -2.31. The van der Waals surface area contributed by atoms with Crippen LogP contribution in [0.15, 0.2) is 48.7 Å². The predicted octanol–water partition coefficient (Wildman–Crippen LogP) is 2.80. The molecule has 1 aliphatic rings. The molecular weight excluding hydrogens is 344 g/mol. The van der Waals surface area contributed by atoms with Crippen LogP contribution < -0.4 is 10.6 Å². The van der Waals surface area contributed by atoms with Crippen LogP contribution in [0.4, 0.5) is 4.79 Å². The summed E-state index contributed by atoms with van der Waals surface area (Å²) in [5, 5.41) is 14.0. The molecule has 3 aromatic rings. The van der Waals surface area contributed by atoms with Gasteiger partial charge in [-0.25, -0.2) is 4.79 Å². The summed E-state index contributed by atoms with van der Waals surface area (Å²) in [6.07, 6.45) is 1.46. The van der Waals surface area contributed by atoms with Crippen molar-refractivity contribution in [2.24, 2.45) is 0 Å². The first kappa shape index (κ1) is 16.8. The summed E-state index contributed by atoms with van der Waals surface area (Å²) in [6, 6.07) is 13.3. The van der Waals surface area contributed by atoms with Gasteiger partial charge in [0.25, 0.3) is 5.91 Å². The fraction of sp³-hybridized carbons (Fsp3) is 0.150. The molecule has 0 atom stereocenters. The number of amides is 2. The molecule has 0 unspecified atom stereocenters. The van der Waals surface area contributed by atoms with Gasteiger partial charge in [-0.3, -0.25) is 9.78 Å². The Kier molecular flexibility index (Phi) is 4.33. The average molecular weight is 362 g/mol. The topological polar surface area (TPSA) is 107 Å². The molecule has 27 heavy (non-hydrogen) atoms. The SMILES string of the molecule is O=C(O)NCc1cccc(-c2cc(-c3cc4c([nH]3)CCNC4=O)ccn2)c1. The maximum absolute atomic E-state index is 12.0. The van der Waals surface area contributed by atoms with Gasteiger partial charge in [0, 0.05) is 48.2 Å². The highest BCUT2D eigenvalue weighted by Crippen LogP contribution is 2.27. The van der Waals surface area contributed by atoms with Gasteiger partial charge in [-0.05, 0) is 29.8 Å². The maximum Gasteiger partial charge on any atom is 0.404 e. The molecule has 0 aliphatic carbocycles. The van der Waals surface area contributed by atoms with E-state index in [1.54, 1.807) is 6.20 Å². The van der Waals surface area contributed by atoms with Crippen LogP contribution in [0.1, 0.15) is 21.6 Å². The molecule has 0 fully saturated rings. The fourth-order valence-electron chi connectivity index (χ4n) is 3.22. The zero-order valence-corrected chi connectivity index (χ0v) is 14.5. The van der Waals surface area contributed by atoms with E-state index < -0.39 is 6.09 Å². The van der Waals surface area contributed by atoms with Crippen molar-refractivity contribution in [1.29, 1.82) is 0 Å². The zero-order valence-electron chi connectivity index (χ0n) is 14.5. The molecular formula is C20H18N4O3. The zero-order chi connectivity index (χ0) is 18.8. The van der Waals surface area contributed by atoms with E-state index in [4.69, 9.17) is 5.11 Å². The lowest BCUT2D eigenvalue weighted by molar-refractivity contribution is 0.0946. The predicted molar refractivity (Wildman–Crippen MR) is 100 cm³/mol. The number of carbonyl (C=O) groups excluding carboxylic acids is 1. The minimum absolute atomic E-state index is 0.0494. The van der Waals surface area contributed by atoms with Crippen LogP contribution in [0.2, 0.25) is 0 Å². The Bertz CT molecular complexity index is 1030. The molecule has 4 N–H and O–H groups in total. The summed E-state index contributed by atoms with van der Waals surface area (Å²) in [4.78, 5) is 30.4. The third-order valence-electron chi connectivity index (χ3n) is 4.54. The van der Waals surface area contributed by atoms with Crippen LogP contribution in [-0.2, 0) is 13.0 Å². The van der Waals surface area contributed by atoms with E-state index in [0.717, 1.165) is 40.2 Å². The van der Waals surface area contributed by atoms with Crippen molar-refractivity contribution in [3.05, 3.63) is 65.5 Å². The Morgan fingerprint density at radius 2 is 2.07 bits per heavy atom. The lowest BCUT2D eigenvalue weighted by atomic mass is 10.0. The third-order valence-corrected chi connectivity index (χ3v) is 4.54. The fourth-order valence-corrected chi connectivity index (χ4v) is 3.22. The largest absolute Gasteiger partial charge is 0.465 e. The van der Waals surface area contributed by atoms with Crippen molar-refractivity contribution in [2.75, 3.05) is 6.54 Å². The van der Waals surface area contributed by atoms with Gasteiger partial charge in [-0.2, -0.15) is 0 Å². The molecule has 3 heterocycles. The minimum atomic E-state index is -1.06. The number of H-pyrrole nitrogens is 1. The monoisotopic (exact) mass is 362 g/mol. The molecule has 1 aromatic carbocycles. The van der Waals surface area contributed by atoms with Gasteiger partial charge in [0.1, 0.15) is 0 Å². The Labute approximate surface area is 155 Å². The van der Waals surface area contributed by atoms with E-state index in [1.165, 1.54) is 0 Å². The van der Waals surface area contributed by atoms with E-state index in [2.05, 4.69) is 20.6 Å². The van der Waals surface area contributed by atoms with E-state index in [0.29, 0.717) is 12.1 Å². The summed E-state index contributed by atoms with van der Waals surface area (Å²) in [6.45, 7) is 0.881. The van der Waals surface area contributed by atoms with Crippen LogP contribution in [0, 0.1) is 0 Å². The summed E-state index contributed by atoms with van der Waals surface area (Å²) >= 11 is 0. The van der Waals surface area contributed by atoms with E-state index >= 15 is 0 Å².